The third kappa shape index (κ3) is 6.07. The molecule has 1 heterocycles. The fraction of sp³-hybridized carbons (Fsp3) is 0.200. The van der Waals surface area contributed by atoms with Gasteiger partial charge in [0.15, 0.2) is 0 Å². The van der Waals surface area contributed by atoms with E-state index < -0.39 is 0 Å². The monoisotopic (exact) mass is 550 g/mol. The number of allylic oxidation sites excluding steroid dienone is 1. The predicted octanol–water partition coefficient (Wildman–Crippen LogP) is 6.13. The van der Waals surface area contributed by atoms with Gasteiger partial charge in [0.05, 0.1) is 33.6 Å². The highest BCUT2D eigenvalue weighted by atomic mass is 127. The molecule has 0 radical (unpaired) electrons. The Balaban J connectivity index is 1.98. The summed E-state index contributed by atoms with van der Waals surface area (Å²) < 4.78 is 6.20. The van der Waals surface area contributed by atoms with Gasteiger partial charge in [-0.25, -0.2) is 4.98 Å². The van der Waals surface area contributed by atoms with Gasteiger partial charge < -0.3 is 15.4 Å². The van der Waals surface area contributed by atoms with E-state index in [0.29, 0.717) is 29.5 Å². The Hall–Kier alpha value is -3.47. The van der Waals surface area contributed by atoms with E-state index in [1.807, 2.05) is 44.2 Å². The number of aromatic nitrogens is 2. The van der Waals surface area contributed by atoms with Crippen LogP contribution in [0.3, 0.4) is 0 Å². The molecule has 0 aliphatic carbocycles. The molecule has 0 amide bonds. The summed E-state index contributed by atoms with van der Waals surface area (Å²) in [6, 6.07) is 15.4. The first-order chi connectivity index (χ1) is 15.8. The molecule has 3 aromatic rings. The van der Waals surface area contributed by atoms with E-state index in [-0.39, 0.29) is 0 Å². The normalized spacial score (nSPS) is 10.9. The van der Waals surface area contributed by atoms with E-state index in [9.17, 15) is 0 Å². The highest BCUT2D eigenvalue weighted by molar-refractivity contribution is 14.1. The first kappa shape index (κ1) is 24.2. The van der Waals surface area contributed by atoms with Crippen LogP contribution in [0.15, 0.2) is 42.0 Å². The fourth-order valence-corrected chi connectivity index (χ4v) is 3.83. The Morgan fingerprint density at radius 1 is 1.09 bits per heavy atom. The summed E-state index contributed by atoms with van der Waals surface area (Å²) in [5, 5.41) is 24.7. The molecule has 8 heteroatoms. The number of rotatable bonds is 7. The first-order valence-electron chi connectivity index (χ1n) is 10.1. The smallest absolute Gasteiger partial charge is 0.229 e. The number of halogens is 1. The van der Waals surface area contributed by atoms with Gasteiger partial charge in [0, 0.05) is 24.1 Å². The van der Waals surface area contributed by atoms with Gasteiger partial charge in [-0.05, 0) is 103 Å². The zero-order valence-corrected chi connectivity index (χ0v) is 21.0. The predicted molar refractivity (Wildman–Crippen MR) is 138 cm³/mol. The van der Waals surface area contributed by atoms with Crippen LogP contribution in [-0.4, -0.2) is 17.1 Å². The molecule has 0 atom stereocenters. The Labute approximate surface area is 207 Å². The second kappa shape index (κ2) is 10.9. The summed E-state index contributed by atoms with van der Waals surface area (Å²) in [6.45, 7) is 6.18. The lowest BCUT2D eigenvalue weighted by Crippen LogP contribution is -2.09. The van der Waals surface area contributed by atoms with Crippen LogP contribution < -0.4 is 10.6 Å². The average Bonchev–Trinajstić information content (AvgIpc) is 2.79. The summed E-state index contributed by atoms with van der Waals surface area (Å²) in [7, 11) is 1.63. The molecular weight excluding hydrogens is 527 g/mol. The summed E-state index contributed by atoms with van der Waals surface area (Å²) in [4.78, 5) is 9.30. The van der Waals surface area contributed by atoms with Crippen LogP contribution >= 0.6 is 22.6 Å². The standard InChI is InChI=1S/C25H23IN6O/c1-15(12-27)9-19-10-16(2)23(17(3)11-19)31-24-22(26)21(14-33-4)30-25(32-24)29-20-7-5-18(13-28)6-8-20/h5-11H,14H2,1-4H3,(H2,29,30,31,32). The molecule has 0 saturated carbocycles. The SMILES string of the molecule is COCc1nc(Nc2ccc(C#N)cc2)nc(Nc2c(C)cc(C=C(C)C#N)cc2C)c1I. The van der Waals surface area contributed by atoms with Crippen molar-refractivity contribution in [2.45, 2.75) is 27.4 Å². The largest absolute Gasteiger partial charge is 0.378 e. The highest BCUT2D eigenvalue weighted by Crippen LogP contribution is 2.30. The maximum Gasteiger partial charge on any atom is 0.229 e. The molecule has 33 heavy (non-hydrogen) atoms. The van der Waals surface area contributed by atoms with Crippen LogP contribution in [0.5, 0.6) is 0 Å². The van der Waals surface area contributed by atoms with Crippen molar-refractivity contribution in [3.8, 4) is 12.1 Å². The van der Waals surface area contributed by atoms with Crippen LogP contribution in [-0.2, 0) is 11.3 Å². The second-order valence-corrected chi connectivity index (χ2v) is 8.58. The van der Waals surface area contributed by atoms with Crippen LogP contribution in [0.1, 0.15) is 34.9 Å². The minimum absolute atomic E-state index is 0.340. The maximum atomic E-state index is 9.07. The van der Waals surface area contributed by atoms with Crippen LogP contribution in [0, 0.1) is 40.1 Å². The number of methoxy groups -OCH3 is 1. The third-order valence-electron chi connectivity index (χ3n) is 4.83. The summed E-state index contributed by atoms with van der Waals surface area (Å²) in [5.74, 6) is 1.09. The van der Waals surface area contributed by atoms with Gasteiger partial charge in [0.25, 0.3) is 0 Å². The first-order valence-corrected chi connectivity index (χ1v) is 11.2. The van der Waals surface area contributed by atoms with Crippen LogP contribution in [0.2, 0.25) is 0 Å². The minimum atomic E-state index is 0.340. The Morgan fingerprint density at radius 2 is 1.76 bits per heavy atom. The van der Waals surface area contributed by atoms with Gasteiger partial charge in [-0.3, -0.25) is 0 Å². The van der Waals surface area contributed by atoms with Gasteiger partial charge >= 0.3 is 0 Å². The number of nitriles is 2. The van der Waals surface area contributed by atoms with Crippen molar-refractivity contribution in [2.24, 2.45) is 0 Å². The van der Waals surface area contributed by atoms with E-state index in [1.54, 1.807) is 26.2 Å². The number of nitrogens with one attached hydrogen (secondary N) is 2. The Morgan fingerprint density at radius 3 is 2.33 bits per heavy atom. The van der Waals surface area contributed by atoms with Crippen molar-refractivity contribution in [3.05, 3.63) is 73.5 Å². The number of benzene rings is 2. The molecule has 166 valence electrons. The van der Waals surface area contributed by atoms with Gasteiger partial charge in [-0.1, -0.05) is 0 Å². The fourth-order valence-electron chi connectivity index (χ4n) is 3.30. The van der Waals surface area contributed by atoms with Crippen molar-refractivity contribution in [1.29, 1.82) is 10.5 Å². The number of nitrogens with zero attached hydrogens (tertiary/aromatic N) is 4. The lowest BCUT2D eigenvalue weighted by Gasteiger charge is -2.17. The molecule has 2 aromatic carbocycles. The number of ether oxygens (including phenoxy) is 1. The summed E-state index contributed by atoms with van der Waals surface area (Å²) >= 11 is 2.22. The zero-order valence-electron chi connectivity index (χ0n) is 18.8. The quantitative estimate of drug-likeness (QED) is 0.269. The van der Waals surface area contributed by atoms with Crippen LogP contribution in [0.4, 0.5) is 23.1 Å². The molecule has 0 aliphatic heterocycles. The van der Waals surface area contributed by atoms with E-state index in [0.717, 1.165) is 37.3 Å². The molecule has 0 fully saturated rings. The van der Waals surface area contributed by atoms with Gasteiger partial charge in [-0.15, -0.1) is 0 Å². The van der Waals surface area contributed by atoms with Crippen molar-refractivity contribution in [3.63, 3.8) is 0 Å². The molecule has 2 N–H and O–H groups in total. The van der Waals surface area contributed by atoms with Gasteiger partial charge in [0.2, 0.25) is 5.95 Å². The van der Waals surface area contributed by atoms with Crippen molar-refractivity contribution >= 4 is 51.8 Å². The molecule has 0 unspecified atom stereocenters. The van der Waals surface area contributed by atoms with Crippen molar-refractivity contribution in [2.75, 3.05) is 17.7 Å². The molecule has 1 aromatic heterocycles. The topological polar surface area (TPSA) is 107 Å². The minimum Gasteiger partial charge on any atom is -0.378 e. The maximum absolute atomic E-state index is 9.07. The average molecular weight is 550 g/mol. The molecule has 0 bridgehead atoms. The molecule has 0 spiro atoms. The van der Waals surface area contributed by atoms with Crippen LogP contribution in [0.25, 0.3) is 6.08 Å². The van der Waals surface area contributed by atoms with E-state index in [1.165, 1.54) is 0 Å². The van der Waals surface area contributed by atoms with Crippen molar-refractivity contribution in [1.82, 2.24) is 9.97 Å². The number of hydrogen-bond donors (Lipinski definition) is 2. The van der Waals surface area contributed by atoms with E-state index in [4.69, 9.17) is 20.2 Å². The lowest BCUT2D eigenvalue weighted by atomic mass is 10.0. The van der Waals surface area contributed by atoms with E-state index >= 15 is 0 Å². The second-order valence-electron chi connectivity index (χ2n) is 7.50. The molecule has 0 saturated heterocycles. The van der Waals surface area contributed by atoms with E-state index in [2.05, 4.69) is 50.3 Å². The highest BCUT2D eigenvalue weighted by Gasteiger charge is 2.15. The number of anilines is 4. The molecular formula is C25H23IN6O. The number of hydrogen-bond acceptors (Lipinski definition) is 7. The third-order valence-corrected chi connectivity index (χ3v) is 5.96. The van der Waals surface area contributed by atoms with Crippen molar-refractivity contribution < 1.29 is 4.74 Å². The Kier molecular flexibility index (Phi) is 7.99. The summed E-state index contributed by atoms with van der Waals surface area (Å²) in [5.41, 5.74) is 6.78. The Bertz CT molecular complexity index is 1260. The molecule has 0 aliphatic rings. The zero-order chi connectivity index (χ0) is 24.0. The number of aryl methyl sites for hydroxylation is 2. The summed E-state index contributed by atoms with van der Waals surface area (Å²) in [6.07, 6.45) is 1.87. The molecule has 3 rings (SSSR count). The molecule has 7 nitrogen and oxygen atoms in total. The lowest BCUT2D eigenvalue weighted by molar-refractivity contribution is 0.181. The van der Waals surface area contributed by atoms with Gasteiger partial charge in [0.1, 0.15) is 5.82 Å². The van der Waals surface area contributed by atoms with Gasteiger partial charge in [-0.2, -0.15) is 15.5 Å².